The van der Waals surface area contributed by atoms with Crippen LogP contribution >= 0.6 is 0 Å². The third-order valence-corrected chi connectivity index (χ3v) is 5.17. The van der Waals surface area contributed by atoms with Crippen LogP contribution in [0.25, 0.3) is 0 Å². The lowest BCUT2D eigenvalue weighted by Gasteiger charge is -2.36. The van der Waals surface area contributed by atoms with Gasteiger partial charge in [-0.05, 0) is 38.8 Å². The maximum Gasteiger partial charge on any atom is 0.219 e. The van der Waals surface area contributed by atoms with Crippen molar-refractivity contribution >= 4 is 11.9 Å². The second-order valence-electron chi connectivity index (χ2n) is 7.24. The summed E-state index contributed by atoms with van der Waals surface area (Å²) in [6, 6.07) is 0.527. The van der Waals surface area contributed by atoms with E-state index in [2.05, 4.69) is 35.9 Å². The first-order valence-electron chi connectivity index (χ1n) is 9.55. The summed E-state index contributed by atoms with van der Waals surface area (Å²) in [5.74, 6) is 1.79. The molecule has 0 aliphatic carbocycles. The van der Waals surface area contributed by atoms with Crippen molar-refractivity contribution in [2.24, 2.45) is 10.9 Å². The van der Waals surface area contributed by atoms with E-state index in [1.165, 1.54) is 25.9 Å². The number of piperazine rings is 1. The van der Waals surface area contributed by atoms with Gasteiger partial charge in [0.2, 0.25) is 5.91 Å². The van der Waals surface area contributed by atoms with E-state index in [9.17, 15) is 4.79 Å². The van der Waals surface area contributed by atoms with Gasteiger partial charge in [-0.25, -0.2) is 0 Å². The minimum Gasteiger partial charge on any atom is -0.357 e. The van der Waals surface area contributed by atoms with Crippen LogP contribution < -0.4 is 5.32 Å². The Balaban J connectivity index is 1.97. The van der Waals surface area contributed by atoms with Crippen LogP contribution in [0.2, 0.25) is 0 Å². The highest BCUT2D eigenvalue weighted by Gasteiger charge is 2.25. The highest BCUT2D eigenvalue weighted by Crippen LogP contribution is 2.18. The summed E-state index contributed by atoms with van der Waals surface area (Å²) in [6.07, 6.45) is 2.64. The normalized spacial score (nSPS) is 21.5. The molecule has 2 heterocycles. The summed E-state index contributed by atoms with van der Waals surface area (Å²) >= 11 is 0. The van der Waals surface area contributed by atoms with Crippen LogP contribution in [0.5, 0.6) is 0 Å². The van der Waals surface area contributed by atoms with Gasteiger partial charge in [0.25, 0.3) is 0 Å². The van der Waals surface area contributed by atoms with E-state index >= 15 is 0 Å². The van der Waals surface area contributed by atoms with Crippen molar-refractivity contribution in [1.82, 2.24) is 20.0 Å². The first kappa shape index (κ1) is 19.0. The second kappa shape index (κ2) is 9.25. The molecule has 2 saturated heterocycles. The fourth-order valence-electron chi connectivity index (χ4n) is 3.66. The number of carbonyl (C=O) groups excluding carboxylic acids is 1. The maximum atomic E-state index is 11.5. The number of hydrogen-bond donors (Lipinski definition) is 1. The van der Waals surface area contributed by atoms with Gasteiger partial charge < -0.3 is 15.1 Å². The Morgan fingerprint density at radius 1 is 1.04 bits per heavy atom. The molecule has 0 spiro atoms. The third kappa shape index (κ3) is 5.10. The number of rotatable bonds is 5. The molecule has 24 heavy (non-hydrogen) atoms. The first-order chi connectivity index (χ1) is 11.5. The van der Waals surface area contributed by atoms with Gasteiger partial charge >= 0.3 is 0 Å². The monoisotopic (exact) mass is 337 g/mol. The molecule has 0 bridgehead atoms. The number of carbonyl (C=O) groups is 1. The molecule has 1 atom stereocenters. The number of amides is 1. The molecule has 6 nitrogen and oxygen atoms in total. The molecule has 1 N–H and O–H groups in total. The highest BCUT2D eigenvalue weighted by molar-refractivity contribution is 5.80. The minimum atomic E-state index is 0.172. The van der Waals surface area contributed by atoms with E-state index in [-0.39, 0.29) is 5.91 Å². The molecule has 1 unspecified atom stereocenters. The largest absolute Gasteiger partial charge is 0.357 e. The summed E-state index contributed by atoms with van der Waals surface area (Å²) < 4.78 is 0. The molecule has 0 saturated carbocycles. The number of nitrogens with one attached hydrogen (secondary N) is 1. The van der Waals surface area contributed by atoms with Gasteiger partial charge in [0.1, 0.15) is 0 Å². The van der Waals surface area contributed by atoms with E-state index in [4.69, 9.17) is 4.99 Å². The quantitative estimate of drug-likeness (QED) is 0.606. The van der Waals surface area contributed by atoms with Crippen LogP contribution in [0.4, 0.5) is 0 Å². The van der Waals surface area contributed by atoms with Crippen LogP contribution in [0.15, 0.2) is 4.99 Å². The Morgan fingerprint density at radius 2 is 1.62 bits per heavy atom. The standard InChI is InChI=1S/C18H35N5O/c1-5-19-18(23-12-10-21(11-13-23)16(4)24)20-14-17(15(2)3)22-8-6-7-9-22/h15,17H,5-14H2,1-4H3,(H,19,20). The molecule has 2 rings (SSSR count). The molecule has 6 heteroatoms. The molecule has 138 valence electrons. The van der Waals surface area contributed by atoms with Crippen molar-refractivity contribution in [3.63, 3.8) is 0 Å². The molecular formula is C18H35N5O. The highest BCUT2D eigenvalue weighted by atomic mass is 16.2. The van der Waals surface area contributed by atoms with Crippen molar-refractivity contribution in [1.29, 1.82) is 0 Å². The summed E-state index contributed by atoms with van der Waals surface area (Å²) in [5.41, 5.74) is 0. The van der Waals surface area contributed by atoms with E-state index in [1.54, 1.807) is 6.92 Å². The van der Waals surface area contributed by atoms with Crippen molar-refractivity contribution in [2.75, 3.05) is 52.4 Å². The average Bonchev–Trinajstić information content (AvgIpc) is 3.08. The lowest BCUT2D eigenvalue weighted by atomic mass is 10.0. The fraction of sp³-hybridized carbons (Fsp3) is 0.889. The van der Waals surface area contributed by atoms with E-state index in [0.717, 1.165) is 45.2 Å². The number of likely N-dealkylation sites (tertiary alicyclic amines) is 1. The van der Waals surface area contributed by atoms with Gasteiger partial charge in [-0.3, -0.25) is 14.7 Å². The zero-order valence-electron chi connectivity index (χ0n) is 15.9. The topological polar surface area (TPSA) is 51.2 Å². The van der Waals surface area contributed by atoms with Gasteiger partial charge in [0.05, 0.1) is 6.54 Å². The second-order valence-corrected chi connectivity index (χ2v) is 7.24. The Morgan fingerprint density at radius 3 is 2.12 bits per heavy atom. The Bertz CT molecular complexity index is 423. The van der Waals surface area contributed by atoms with Crippen LogP contribution in [-0.4, -0.2) is 85.0 Å². The molecule has 0 radical (unpaired) electrons. The molecule has 0 aromatic carbocycles. The molecular weight excluding hydrogens is 302 g/mol. The summed E-state index contributed by atoms with van der Waals surface area (Å²) in [7, 11) is 0. The third-order valence-electron chi connectivity index (χ3n) is 5.17. The van der Waals surface area contributed by atoms with Gasteiger partial charge in [-0.1, -0.05) is 13.8 Å². The smallest absolute Gasteiger partial charge is 0.219 e. The number of hydrogen-bond acceptors (Lipinski definition) is 3. The predicted octanol–water partition coefficient (Wildman–Crippen LogP) is 1.24. The zero-order chi connectivity index (χ0) is 17.5. The van der Waals surface area contributed by atoms with Crippen LogP contribution in [0, 0.1) is 5.92 Å². The number of aliphatic imine (C=N–C) groups is 1. The molecule has 2 aliphatic heterocycles. The fourth-order valence-corrected chi connectivity index (χ4v) is 3.66. The zero-order valence-corrected chi connectivity index (χ0v) is 15.9. The van der Waals surface area contributed by atoms with Gasteiger partial charge in [-0.2, -0.15) is 0 Å². The predicted molar refractivity (Wildman–Crippen MR) is 99.2 cm³/mol. The first-order valence-corrected chi connectivity index (χ1v) is 9.55. The SMILES string of the molecule is CCNC(=NCC(C(C)C)N1CCCC1)N1CCN(C(C)=O)CC1. The number of guanidine groups is 1. The molecule has 2 aliphatic rings. The van der Waals surface area contributed by atoms with Crippen LogP contribution in [0.1, 0.15) is 40.5 Å². The van der Waals surface area contributed by atoms with Crippen LogP contribution in [-0.2, 0) is 4.79 Å². The summed E-state index contributed by atoms with van der Waals surface area (Å²) in [6.45, 7) is 15.8. The van der Waals surface area contributed by atoms with E-state index < -0.39 is 0 Å². The Kier molecular flexibility index (Phi) is 7.34. The van der Waals surface area contributed by atoms with Crippen LogP contribution in [0.3, 0.4) is 0 Å². The Hall–Kier alpha value is -1.30. The summed E-state index contributed by atoms with van der Waals surface area (Å²) in [4.78, 5) is 23.3. The van der Waals surface area contributed by atoms with Crippen molar-refractivity contribution in [2.45, 2.75) is 46.6 Å². The van der Waals surface area contributed by atoms with Gasteiger partial charge in [0.15, 0.2) is 5.96 Å². The Labute approximate surface area is 147 Å². The van der Waals surface area contributed by atoms with Crippen molar-refractivity contribution in [3.05, 3.63) is 0 Å². The van der Waals surface area contributed by atoms with Crippen molar-refractivity contribution < 1.29 is 4.79 Å². The summed E-state index contributed by atoms with van der Waals surface area (Å²) in [5, 5.41) is 3.44. The molecule has 2 fully saturated rings. The minimum absolute atomic E-state index is 0.172. The average molecular weight is 338 g/mol. The number of nitrogens with zero attached hydrogens (tertiary/aromatic N) is 4. The molecule has 0 aromatic heterocycles. The lowest BCUT2D eigenvalue weighted by molar-refractivity contribution is -0.130. The van der Waals surface area contributed by atoms with E-state index in [0.29, 0.717) is 12.0 Å². The van der Waals surface area contributed by atoms with Gasteiger partial charge in [0, 0.05) is 45.7 Å². The molecule has 0 aromatic rings. The molecule has 1 amide bonds. The maximum absolute atomic E-state index is 11.5. The van der Waals surface area contributed by atoms with Crippen molar-refractivity contribution in [3.8, 4) is 0 Å². The lowest BCUT2D eigenvalue weighted by Crippen LogP contribution is -2.53. The van der Waals surface area contributed by atoms with Gasteiger partial charge in [-0.15, -0.1) is 0 Å². The van der Waals surface area contributed by atoms with E-state index in [1.807, 2.05) is 4.90 Å².